The van der Waals surface area contributed by atoms with Crippen molar-refractivity contribution in [2.24, 2.45) is 0 Å². The van der Waals surface area contributed by atoms with E-state index in [4.69, 9.17) is 9.57 Å². The quantitative estimate of drug-likeness (QED) is 0.285. The predicted octanol–water partition coefficient (Wildman–Crippen LogP) is -1.50. The molecule has 0 radical (unpaired) electrons. The Morgan fingerprint density at radius 3 is 1.70 bits per heavy atom. The van der Waals surface area contributed by atoms with Crippen LogP contribution in [0.15, 0.2) is 0 Å². The van der Waals surface area contributed by atoms with Gasteiger partial charge in [0.15, 0.2) is 0 Å². The molecule has 2 aliphatic heterocycles. The van der Waals surface area contributed by atoms with Crippen LogP contribution in [0.4, 0.5) is 0 Å². The van der Waals surface area contributed by atoms with Gasteiger partial charge in [0.05, 0.1) is 6.54 Å². The van der Waals surface area contributed by atoms with Gasteiger partial charge in [-0.3, -0.25) is 24.5 Å². The van der Waals surface area contributed by atoms with Crippen LogP contribution < -0.4 is 5.32 Å². The monoisotopic (exact) mass is 427 g/mol. The number of nitrogens with one attached hydrogen (secondary N) is 1. The standard InChI is InChI=1S/C17H21N3O10/c1-17(2,3)28-15(26)14(16(27)30-20-11(23)6-7-12(20)24)18-8-13(25)29-19-9(21)4-5-10(19)22/h14,18H,4-8H2,1-3H3. The normalized spacial score (nSPS) is 18.0. The Labute approximate surface area is 170 Å². The van der Waals surface area contributed by atoms with Crippen LogP contribution in [0.3, 0.4) is 0 Å². The van der Waals surface area contributed by atoms with Gasteiger partial charge in [-0.15, -0.1) is 10.1 Å². The molecule has 13 heteroatoms. The topological polar surface area (TPSA) is 166 Å². The number of imide groups is 2. The van der Waals surface area contributed by atoms with Crippen LogP contribution in [0.2, 0.25) is 0 Å². The highest BCUT2D eigenvalue weighted by Crippen LogP contribution is 2.15. The van der Waals surface area contributed by atoms with Crippen LogP contribution in [0.5, 0.6) is 0 Å². The van der Waals surface area contributed by atoms with E-state index in [0.29, 0.717) is 5.06 Å². The third-order valence-corrected chi connectivity index (χ3v) is 3.71. The number of hydrogen-bond donors (Lipinski definition) is 1. The molecule has 0 saturated carbocycles. The summed E-state index contributed by atoms with van der Waals surface area (Å²) in [6, 6.07) is -1.90. The first-order valence-corrected chi connectivity index (χ1v) is 8.99. The van der Waals surface area contributed by atoms with Gasteiger partial charge in [-0.05, 0) is 20.8 Å². The highest BCUT2D eigenvalue weighted by molar-refractivity contribution is 6.04. The number of amides is 4. The summed E-state index contributed by atoms with van der Waals surface area (Å²) in [7, 11) is 0. The molecule has 0 spiro atoms. The van der Waals surface area contributed by atoms with Crippen molar-refractivity contribution >= 4 is 41.5 Å². The van der Waals surface area contributed by atoms with E-state index in [1.807, 2.05) is 0 Å². The molecule has 30 heavy (non-hydrogen) atoms. The summed E-state index contributed by atoms with van der Waals surface area (Å²) in [5, 5.41) is 2.76. The summed E-state index contributed by atoms with van der Waals surface area (Å²) in [5.74, 6) is -6.59. The van der Waals surface area contributed by atoms with Crippen LogP contribution in [0, 0.1) is 0 Å². The van der Waals surface area contributed by atoms with E-state index in [-0.39, 0.29) is 30.7 Å². The first kappa shape index (κ1) is 22.9. The van der Waals surface area contributed by atoms with Gasteiger partial charge in [-0.1, -0.05) is 0 Å². The molecule has 4 amide bonds. The fourth-order valence-corrected chi connectivity index (χ4v) is 2.40. The number of ether oxygens (including phenoxy) is 1. The second-order valence-electron chi connectivity index (χ2n) is 7.38. The molecule has 0 aliphatic carbocycles. The van der Waals surface area contributed by atoms with Crippen molar-refractivity contribution in [3.8, 4) is 0 Å². The maximum absolute atomic E-state index is 12.4. The van der Waals surface area contributed by atoms with Crippen molar-refractivity contribution in [1.29, 1.82) is 0 Å². The Morgan fingerprint density at radius 1 is 0.833 bits per heavy atom. The molecule has 1 N–H and O–H groups in total. The van der Waals surface area contributed by atoms with Gasteiger partial charge in [-0.2, -0.15) is 0 Å². The van der Waals surface area contributed by atoms with E-state index in [2.05, 4.69) is 10.2 Å². The van der Waals surface area contributed by atoms with Crippen molar-refractivity contribution in [2.45, 2.75) is 58.1 Å². The van der Waals surface area contributed by atoms with Crippen molar-refractivity contribution in [3.63, 3.8) is 0 Å². The van der Waals surface area contributed by atoms with Crippen molar-refractivity contribution in [3.05, 3.63) is 0 Å². The zero-order valence-electron chi connectivity index (χ0n) is 16.6. The van der Waals surface area contributed by atoms with Crippen molar-refractivity contribution in [1.82, 2.24) is 15.4 Å². The van der Waals surface area contributed by atoms with Gasteiger partial charge in [0.1, 0.15) is 5.60 Å². The van der Waals surface area contributed by atoms with E-state index < -0.39 is 59.7 Å². The smallest absolute Gasteiger partial charge is 0.361 e. The van der Waals surface area contributed by atoms with Crippen LogP contribution in [-0.4, -0.2) is 69.9 Å². The van der Waals surface area contributed by atoms with Crippen molar-refractivity contribution in [2.75, 3.05) is 6.54 Å². The maximum atomic E-state index is 12.4. The lowest BCUT2D eigenvalue weighted by atomic mass is 10.2. The fourth-order valence-electron chi connectivity index (χ4n) is 2.40. The molecule has 2 heterocycles. The summed E-state index contributed by atoms with van der Waals surface area (Å²) >= 11 is 0. The molecule has 2 rings (SSSR count). The van der Waals surface area contributed by atoms with E-state index in [1.54, 1.807) is 0 Å². The van der Waals surface area contributed by atoms with Crippen LogP contribution in [-0.2, 0) is 48.0 Å². The second-order valence-corrected chi connectivity index (χ2v) is 7.38. The average Bonchev–Trinajstić information content (AvgIpc) is 3.10. The van der Waals surface area contributed by atoms with Gasteiger partial charge in [0.25, 0.3) is 23.6 Å². The molecule has 2 saturated heterocycles. The molecule has 0 aromatic rings. The molecule has 0 aromatic heterocycles. The van der Waals surface area contributed by atoms with E-state index >= 15 is 0 Å². The van der Waals surface area contributed by atoms with E-state index in [0.717, 1.165) is 0 Å². The zero-order valence-corrected chi connectivity index (χ0v) is 16.6. The van der Waals surface area contributed by atoms with Gasteiger partial charge in [0.2, 0.25) is 6.04 Å². The van der Waals surface area contributed by atoms with Gasteiger partial charge in [-0.25, -0.2) is 14.4 Å². The summed E-state index contributed by atoms with van der Waals surface area (Å²) in [5.41, 5.74) is -1.01. The largest absolute Gasteiger partial charge is 0.458 e. The lowest BCUT2D eigenvalue weighted by molar-refractivity contribution is -0.202. The number of carbonyl (C=O) groups is 7. The molecule has 0 bridgehead atoms. The Kier molecular flexibility index (Phi) is 6.87. The zero-order chi connectivity index (χ0) is 22.6. The molecule has 164 valence electrons. The Morgan fingerprint density at radius 2 is 1.27 bits per heavy atom. The molecule has 1 atom stereocenters. The first-order chi connectivity index (χ1) is 13.9. The summed E-state index contributed by atoms with van der Waals surface area (Å²) in [6.07, 6.45) is -0.518. The molecular weight excluding hydrogens is 406 g/mol. The summed E-state index contributed by atoms with van der Waals surface area (Å²) in [6.45, 7) is 3.79. The SMILES string of the molecule is CC(C)(C)OC(=O)C(NCC(=O)ON1C(=O)CCC1=O)C(=O)ON1C(=O)CCC1=O. The lowest BCUT2D eigenvalue weighted by Gasteiger charge is -2.24. The summed E-state index contributed by atoms with van der Waals surface area (Å²) < 4.78 is 5.08. The minimum atomic E-state index is -1.90. The molecular formula is C17H21N3O10. The fraction of sp³-hybridized carbons (Fsp3) is 0.588. The number of esters is 1. The minimum Gasteiger partial charge on any atom is -0.458 e. The number of rotatable bonds is 7. The summed E-state index contributed by atoms with van der Waals surface area (Å²) in [4.78, 5) is 92.1. The number of nitrogens with zero attached hydrogens (tertiary/aromatic N) is 2. The van der Waals surface area contributed by atoms with Crippen molar-refractivity contribution < 1.29 is 48.0 Å². The predicted molar refractivity (Wildman–Crippen MR) is 92.0 cm³/mol. The molecule has 2 fully saturated rings. The Balaban J connectivity index is 2.04. The van der Waals surface area contributed by atoms with Gasteiger partial charge in [0, 0.05) is 25.7 Å². The Bertz CT molecular complexity index is 768. The van der Waals surface area contributed by atoms with E-state index in [1.165, 1.54) is 20.8 Å². The highest BCUT2D eigenvalue weighted by atomic mass is 16.7. The van der Waals surface area contributed by atoms with Crippen LogP contribution in [0.25, 0.3) is 0 Å². The van der Waals surface area contributed by atoms with Gasteiger partial charge < -0.3 is 14.4 Å². The third-order valence-electron chi connectivity index (χ3n) is 3.71. The lowest BCUT2D eigenvalue weighted by Crippen LogP contribution is -2.51. The molecule has 0 aromatic carbocycles. The maximum Gasteiger partial charge on any atom is 0.361 e. The van der Waals surface area contributed by atoms with E-state index in [9.17, 15) is 33.6 Å². The van der Waals surface area contributed by atoms with Crippen LogP contribution >= 0.6 is 0 Å². The number of carbonyl (C=O) groups excluding carboxylic acids is 7. The molecule has 2 aliphatic rings. The van der Waals surface area contributed by atoms with Crippen LogP contribution in [0.1, 0.15) is 46.5 Å². The third kappa shape index (κ3) is 5.83. The Hall–Kier alpha value is -3.35. The molecule has 1 unspecified atom stereocenters. The number of hydrogen-bond acceptors (Lipinski definition) is 11. The molecule has 13 nitrogen and oxygen atoms in total. The highest BCUT2D eigenvalue weighted by Gasteiger charge is 2.39. The average molecular weight is 427 g/mol. The second kappa shape index (κ2) is 8.98. The van der Waals surface area contributed by atoms with Gasteiger partial charge >= 0.3 is 17.9 Å². The minimum absolute atomic E-state index is 0.107. The first-order valence-electron chi connectivity index (χ1n) is 8.99. The number of hydroxylamine groups is 4.